The fourth-order valence-electron chi connectivity index (χ4n) is 2.51. The highest BCUT2D eigenvalue weighted by atomic mass is 35.5. The Bertz CT molecular complexity index is 392. The predicted octanol–water partition coefficient (Wildman–Crippen LogP) is 3.04. The lowest BCUT2D eigenvalue weighted by atomic mass is 10.0. The van der Waals surface area contributed by atoms with E-state index in [1.54, 1.807) is 13.3 Å². The Morgan fingerprint density at radius 2 is 2.14 bits per heavy atom. The Balaban J connectivity index is 3.04. The molecule has 5 nitrogen and oxygen atoms in total. The number of rotatable bonds is 11. The number of ether oxygens (including phenoxy) is 2. The highest BCUT2D eigenvalue weighted by Crippen LogP contribution is 2.28. The van der Waals surface area contributed by atoms with E-state index in [-0.39, 0.29) is 12.1 Å². The predicted molar refractivity (Wildman–Crippen MR) is 85.9 cm³/mol. The molecule has 1 heterocycles. The first-order valence-electron chi connectivity index (χ1n) is 7.74. The van der Waals surface area contributed by atoms with Gasteiger partial charge in [-0.2, -0.15) is 5.10 Å². The molecule has 0 saturated heterocycles. The summed E-state index contributed by atoms with van der Waals surface area (Å²) in [6.45, 7) is 9.11. The molecule has 0 radical (unpaired) electrons. The summed E-state index contributed by atoms with van der Waals surface area (Å²) in [7, 11) is 1.69. The Morgan fingerprint density at radius 3 is 2.71 bits per heavy atom. The number of nitrogens with zero attached hydrogens (tertiary/aromatic N) is 2. The molecule has 122 valence electrons. The molecule has 1 rings (SSSR count). The Morgan fingerprint density at radius 1 is 1.38 bits per heavy atom. The lowest BCUT2D eigenvalue weighted by molar-refractivity contribution is 0.0254. The van der Waals surface area contributed by atoms with Gasteiger partial charge in [-0.1, -0.05) is 31.9 Å². The average Bonchev–Trinajstić information content (AvgIpc) is 2.83. The van der Waals surface area contributed by atoms with Crippen LogP contribution in [-0.2, 0) is 16.0 Å². The van der Waals surface area contributed by atoms with Crippen molar-refractivity contribution in [2.24, 2.45) is 0 Å². The van der Waals surface area contributed by atoms with Crippen LogP contribution in [0, 0.1) is 0 Å². The van der Waals surface area contributed by atoms with Crippen LogP contribution in [-0.4, -0.2) is 42.8 Å². The third-order valence-electron chi connectivity index (χ3n) is 3.38. The minimum absolute atomic E-state index is 0.0433. The Labute approximate surface area is 132 Å². The zero-order chi connectivity index (χ0) is 15.7. The van der Waals surface area contributed by atoms with Crippen molar-refractivity contribution in [1.82, 2.24) is 15.1 Å². The molecule has 0 aromatic carbocycles. The molecule has 0 amide bonds. The molecule has 0 fully saturated rings. The molecule has 0 aliphatic carbocycles. The van der Waals surface area contributed by atoms with Crippen LogP contribution in [0.3, 0.4) is 0 Å². The van der Waals surface area contributed by atoms with Crippen molar-refractivity contribution in [2.45, 2.75) is 52.3 Å². The molecule has 0 aliphatic heterocycles. The van der Waals surface area contributed by atoms with Crippen LogP contribution in [0.1, 0.15) is 45.3 Å². The van der Waals surface area contributed by atoms with E-state index in [0.717, 1.165) is 25.1 Å². The lowest BCUT2D eigenvalue weighted by Gasteiger charge is -2.28. The molecule has 1 aromatic rings. The lowest BCUT2D eigenvalue weighted by Crippen LogP contribution is -2.36. The van der Waals surface area contributed by atoms with Gasteiger partial charge in [-0.25, -0.2) is 0 Å². The highest BCUT2D eigenvalue weighted by Gasteiger charge is 2.28. The Hall–Kier alpha value is -0.620. The van der Waals surface area contributed by atoms with Gasteiger partial charge in [-0.3, -0.25) is 4.68 Å². The summed E-state index contributed by atoms with van der Waals surface area (Å²) in [6.07, 6.45) is 3.84. The van der Waals surface area contributed by atoms with E-state index in [9.17, 15) is 0 Å². The molecular formula is C15H28ClN3O2. The molecule has 0 saturated carbocycles. The van der Waals surface area contributed by atoms with Crippen molar-refractivity contribution in [3.05, 3.63) is 16.9 Å². The van der Waals surface area contributed by atoms with Crippen LogP contribution < -0.4 is 5.32 Å². The van der Waals surface area contributed by atoms with Crippen LogP contribution in [0.4, 0.5) is 0 Å². The van der Waals surface area contributed by atoms with E-state index in [4.69, 9.17) is 21.1 Å². The van der Waals surface area contributed by atoms with Gasteiger partial charge in [0.05, 0.1) is 42.2 Å². The maximum absolute atomic E-state index is 6.38. The topological polar surface area (TPSA) is 48.3 Å². The summed E-state index contributed by atoms with van der Waals surface area (Å²) >= 11 is 6.38. The van der Waals surface area contributed by atoms with Crippen LogP contribution in [0.2, 0.25) is 5.02 Å². The molecule has 1 aromatic heterocycles. The van der Waals surface area contributed by atoms with Gasteiger partial charge in [-0.15, -0.1) is 0 Å². The van der Waals surface area contributed by atoms with Crippen molar-refractivity contribution in [2.75, 3.05) is 26.9 Å². The third-order valence-corrected chi connectivity index (χ3v) is 3.68. The van der Waals surface area contributed by atoms with E-state index >= 15 is 0 Å². The molecule has 6 heteroatoms. The smallest absolute Gasteiger partial charge is 0.0835 e. The number of halogens is 1. The number of hydrogen-bond donors (Lipinski definition) is 1. The molecule has 2 unspecified atom stereocenters. The maximum atomic E-state index is 6.38. The van der Waals surface area contributed by atoms with Crippen molar-refractivity contribution in [3.63, 3.8) is 0 Å². The van der Waals surface area contributed by atoms with Crippen molar-refractivity contribution in [1.29, 1.82) is 0 Å². The average molecular weight is 318 g/mol. The number of methoxy groups -OCH3 is 1. The number of aromatic nitrogens is 2. The van der Waals surface area contributed by atoms with Crippen molar-refractivity contribution in [3.8, 4) is 0 Å². The quantitative estimate of drug-likeness (QED) is 0.681. The maximum Gasteiger partial charge on any atom is 0.0835 e. The second kappa shape index (κ2) is 10.2. The first kappa shape index (κ1) is 18.4. The van der Waals surface area contributed by atoms with E-state index in [1.807, 2.05) is 11.6 Å². The van der Waals surface area contributed by atoms with Gasteiger partial charge in [0.1, 0.15) is 0 Å². The molecule has 0 spiro atoms. The zero-order valence-electron chi connectivity index (χ0n) is 13.6. The summed E-state index contributed by atoms with van der Waals surface area (Å²) in [6, 6.07) is 0.0433. The normalized spacial score (nSPS) is 14.3. The van der Waals surface area contributed by atoms with E-state index < -0.39 is 0 Å². The fourth-order valence-corrected chi connectivity index (χ4v) is 2.76. The molecule has 0 aliphatic rings. The summed E-state index contributed by atoms with van der Waals surface area (Å²) < 4.78 is 13.0. The highest BCUT2D eigenvalue weighted by molar-refractivity contribution is 6.31. The molecule has 0 bridgehead atoms. The van der Waals surface area contributed by atoms with Gasteiger partial charge >= 0.3 is 0 Å². The minimum atomic E-state index is 0.0433. The minimum Gasteiger partial charge on any atom is -0.383 e. The summed E-state index contributed by atoms with van der Waals surface area (Å²) in [5, 5.41) is 8.55. The summed E-state index contributed by atoms with van der Waals surface area (Å²) in [4.78, 5) is 0. The zero-order valence-corrected chi connectivity index (χ0v) is 14.3. The summed E-state index contributed by atoms with van der Waals surface area (Å²) in [5.41, 5.74) is 0.988. The van der Waals surface area contributed by atoms with Gasteiger partial charge in [0.2, 0.25) is 0 Å². The molecule has 21 heavy (non-hydrogen) atoms. The van der Waals surface area contributed by atoms with Gasteiger partial charge in [0.25, 0.3) is 0 Å². The van der Waals surface area contributed by atoms with Crippen LogP contribution >= 0.6 is 11.6 Å². The Kier molecular flexibility index (Phi) is 8.92. The third kappa shape index (κ3) is 5.25. The van der Waals surface area contributed by atoms with E-state index in [0.29, 0.717) is 24.8 Å². The standard InChI is InChI=1S/C15H28ClN3O2/c1-5-8-13(21-7-3)14(17-6-2)15-12(16)11-18-19(15)9-10-20-4/h11,13-14,17H,5-10H2,1-4H3. The van der Waals surface area contributed by atoms with Gasteiger partial charge in [0, 0.05) is 13.7 Å². The number of nitrogens with one attached hydrogen (secondary N) is 1. The van der Waals surface area contributed by atoms with Crippen molar-refractivity contribution >= 4 is 11.6 Å². The van der Waals surface area contributed by atoms with Crippen molar-refractivity contribution < 1.29 is 9.47 Å². The van der Waals surface area contributed by atoms with Crippen LogP contribution in [0.25, 0.3) is 0 Å². The first-order valence-corrected chi connectivity index (χ1v) is 8.12. The number of hydrogen-bond acceptors (Lipinski definition) is 4. The molecule has 2 atom stereocenters. The first-order chi connectivity index (χ1) is 10.2. The summed E-state index contributed by atoms with van der Waals surface area (Å²) in [5.74, 6) is 0. The second-order valence-corrected chi connectivity index (χ2v) is 5.32. The van der Waals surface area contributed by atoms with E-state index in [1.165, 1.54) is 0 Å². The largest absolute Gasteiger partial charge is 0.383 e. The van der Waals surface area contributed by atoms with Gasteiger partial charge < -0.3 is 14.8 Å². The molecule has 1 N–H and O–H groups in total. The number of likely N-dealkylation sites (N-methyl/N-ethyl adjacent to an activating group) is 1. The molecular weight excluding hydrogens is 290 g/mol. The van der Waals surface area contributed by atoms with Crippen LogP contribution in [0.5, 0.6) is 0 Å². The monoisotopic (exact) mass is 317 g/mol. The van der Waals surface area contributed by atoms with Gasteiger partial charge in [-0.05, 0) is 19.9 Å². The fraction of sp³-hybridized carbons (Fsp3) is 0.800. The van der Waals surface area contributed by atoms with E-state index in [2.05, 4.69) is 24.3 Å². The van der Waals surface area contributed by atoms with Gasteiger partial charge in [0.15, 0.2) is 0 Å². The SMILES string of the molecule is CCCC(OCC)C(NCC)c1c(Cl)cnn1CCOC. The van der Waals surface area contributed by atoms with Crippen LogP contribution in [0.15, 0.2) is 6.20 Å². The second-order valence-electron chi connectivity index (χ2n) is 4.91.